The first-order valence-corrected chi connectivity index (χ1v) is 12.1. The van der Waals surface area contributed by atoms with E-state index in [0.29, 0.717) is 11.3 Å². The minimum absolute atomic E-state index is 0.0875. The van der Waals surface area contributed by atoms with E-state index in [1.165, 1.54) is 30.3 Å². The zero-order valence-corrected chi connectivity index (χ0v) is 21.9. The molecule has 0 fully saturated rings. The molecule has 39 heavy (non-hydrogen) atoms. The molecular formula is C26H34N4O9. The van der Waals surface area contributed by atoms with Crippen molar-refractivity contribution in [2.24, 2.45) is 5.92 Å². The van der Waals surface area contributed by atoms with E-state index in [4.69, 9.17) is 14.2 Å². The van der Waals surface area contributed by atoms with E-state index in [1.54, 1.807) is 45.0 Å². The van der Waals surface area contributed by atoms with Gasteiger partial charge in [-0.25, -0.2) is 9.59 Å². The summed E-state index contributed by atoms with van der Waals surface area (Å²) < 4.78 is 15.3. The number of amides is 1. The first-order chi connectivity index (χ1) is 18.5. The first-order valence-electron chi connectivity index (χ1n) is 12.1. The van der Waals surface area contributed by atoms with Gasteiger partial charge in [0.1, 0.15) is 30.9 Å². The number of alkyl carbamates (subject to hydrolysis) is 1. The van der Waals surface area contributed by atoms with Crippen molar-refractivity contribution in [3.63, 3.8) is 0 Å². The molecule has 5 N–H and O–H groups in total. The number of nitrogens with one attached hydrogen (secondary N) is 3. The minimum Gasteiger partial charge on any atom is -0.442 e. The highest BCUT2D eigenvalue weighted by Gasteiger charge is 2.29. The van der Waals surface area contributed by atoms with Crippen LogP contribution in [0.2, 0.25) is 0 Å². The zero-order chi connectivity index (χ0) is 28.9. The number of non-ortho nitro benzene ring substituents is 1. The monoisotopic (exact) mass is 546 g/mol. The van der Waals surface area contributed by atoms with Crippen molar-refractivity contribution in [1.29, 1.82) is 0 Å². The molecule has 0 aliphatic carbocycles. The van der Waals surface area contributed by atoms with Crippen molar-refractivity contribution in [3.8, 4) is 5.75 Å². The molecule has 0 heterocycles. The molecule has 0 aliphatic rings. The summed E-state index contributed by atoms with van der Waals surface area (Å²) in [6, 6.07) is 11.0. The summed E-state index contributed by atoms with van der Waals surface area (Å²) in [6.07, 6.45) is -3.37. The number of hydrogen-bond acceptors (Lipinski definition) is 11. The number of nitro groups is 1. The lowest BCUT2D eigenvalue weighted by Gasteiger charge is -2.31. The maximum atomic E-state index is 11.9. The third-order valence-electron chi connectivity index (χ3n) is 5.38. The third kappa shape index (κ3) is 10.6. The summed E-state index contributed by atoms with van der Waals surface area (Å²) in [5, 5.41) is 40.0. The largest absolute Gasteiger partial charge is 0.514 e. The van der Waals surface area contributed by atoms with E-state index in [0.717, 1.165) is 0 Å². The molecular weight excluding hydrogens is 512 g/mol. The van der Waals surface area contributed by atoms with Crippen molar-refractivity contribution in [2.45, 2.75) is 52.0 Å². The van der Waals surface area contributed by atoms with E-state index in [-0.39, 0.29) is 30.5 Å². The van der Waals surface area contributed by atoms with Gasteiger partial charge in [-0.15, -0.1) is 6.58 Å². The van der Waals surface area contributed by atoms with E-state index < -0.39 is 41.8 Å². The van der Waals surface area contributed by atoms with Gasteiger partial charge in [-0.2, -0.15) is 0 Å². The van der Waals surface area contributed by atoms with Gasteiger partial charge in [0.15, 0.2) is 0 Å². The normalized spacial score (nSPS) is 13.9. The molecule has 13 nitrogen and oxygen atoms in total. The molecule has 212 valence electrons. The van der Waals surface area contributed by atoms with Crippen LogP contribution in [0.3, 0.4) is 0 Å². The number of rotatable bonds is 14. The Morgan fingerprint density at radius 3 is 2.26 bits per heavy atom. The van der Waals surface area contributed by atoms with Crippen LogP contribution in [-0.4, -0.2) is 58.5 Å². The van der Waals surface area contributed by atoms with Gasteiger partial charge in [-0.1, -0.05) is 32.1 Å². The second kappa shape index (κ2) is 15.3. The molecule has 0 saturated carbocycles. The highest BCUT2D eigenvalue weighted by molar-refractivity contribution is 5.67. The molecule has 2 aromatic carbocycles. The number of benzene rings is 2. The Morgan fingerprint density at radius 2 is 1.69 bits per heavy atom. The van der Waals surface area contributed by atoms with Gasteiger partial charge in [0, 0.05) is 24.4 Å². The number of nitro benzene ring substituents is 1. The molecule has 2 rings (SSSR count). The van der Waals surface area contributed by atoms with Crippen molar-refractivity contribution in [1.82, 2.24) is 10.6 Å². The maximum Gasteiger partial charge on any atom is 0.514 e. The number of carbonyl (C=O) groups excluding carboxylic acids is 2. The average molecular weight is 547 g/mol. The molecule has 0 saturated heterocycles. The smallest absolute Gasteiger partial charge is 0.442 e. The van der Waals surface area contributed by atoms with Crippen LogP contribution in [0, 0.1) is 16.0 Å². The molecule has 0 unspecified atom stereocenters. The summed E-state index contributed by atoms with van der Waals surface area (Å²) in [4.78, 5) is 33.9. The summed E-state index contributed by atoms with van der Waals surface area (Å²) >= 11 is 0. The molecule has 0 aromatic heterocycles. The van der Waals surface area contributed by atoms with Crippen LogP contribution < -0.4 is 20.7 Å². The van der Waals surface area contributed by atoms with Crippen LogP contribution in [-0.2, 0) is 16.1 Å². The van der Waals surface area contributed by atoms with Gasteiger partial charge in [0.05, 0.1) is 11.0 Å². The standard InChI is InChI=1S/C26H34N4O9/c1-5-14-27-25(33)39-22(16(2)3)24(32)28-17(4)23(31)29-19-8-6-18(7-9-19)15-37-26(34)38-21-12-10-20(11-13-21)30(35)36/h5-13,16-17,22-24,28-29,31-32H,1,14-15H2,2-4H3,(H,27,33)/t17-,22-,23-,24-/m0/s1. The number of carbonyl (C=O) groups is 2. The maximum absolute atomic E-state index is 11.9. The minimum atomic E-state index is -1.24. The third-order valence-corrected chi connectivity index (χ3v) is 5.38. The molecule has 0 aliphatic heterocycles. The number of aliphatic hydroxyl groups is 2. The van der Waals surface area contributed by atoms with Gasteiger partial charge in [-0.05, 0) is 42.7 Å². The topological polar surface area (TPSA) is 182 Å². The van der Waals surface area contributed by atoms with E-state index in [2.05, 4.69) is 22.5 Å². The molecule has 2 aromatic rings. The van der Waals surface area contributed by atoms with Crippen molar-refractivity contribution in [3.05, 3.63) is 76.9 Å². The lowest BCUT2D eigenvalue weighted by Crippen LogP contribution is -2.53. The highest BCUT2D eigenvalue weighted by Crippen LogP contribution is 2.18. The van der Waals surface area contributed by atoms with Crippen LogP contribution in [0.4, 0.5) is 21.0 Å². The Morgan fingerprint density at radius 1 is 1.05 bits per heavy atom. The fourth-order valence-electron chi connectivity index (χ4n) is 3.24. The number of anilines is 1. The van der Waals surface area contributed by atoms with Gasteiger partial charge < -0.3 is 35.1 Å². The van der Waals surface area contributed by atoms with E-state index >= 15 is 0 Å². The predicted molar refractivity (Wildman–Crippen MR) is 142 cm³/mol. The summed E-state index contributed by atoms with van der Waals surface area (Å²) in [5.41, 5.74) is 1.07. The predicted octanol–water partition coefficient (Wildman–Crippen LogP) is 3.27. The van der Waals surface area contributed by atoms with Crippen molar-refractivity contribution >= 4 is 23.6 Å². The Bertz CT molecular complexity index is 1090. The lowest BCUT2D eigenvalue weighted by atomic mass is 10.1. The van der Waals surface area contributed by atoms with Crippen LogP contribution >= 0.6 is 0 Å². The van der Waals surface area contributed by atoms with Gasteiger partial charge in [0.25, 0.3) is 5.69 Å². The second-order valence-corrected chi connectivity index (χ2v) is 8.86. The lowest BCUT2D eigenvalue weighted by molar-refractivity contribution is -0.384. The molecule has 13 heteroatoms. The van der Waals surface area contributed by atoms with Crippen LogP contribution in [0.5, 0.6) is 5.75 Å². The molecule has 0 radical (unpaired) electrons. The average Bonchev–Trinajstić information content (AvgIpc) is 2.90. The van der Waals surface area contributed by atoms with Crippen molar-refractivity contribution in [2.75, 3.05) is 11.9 Å². The fourth-order valence-corrected chi connectivity index (χ4v) is 3.24. The zero-order valence-electron chi connectivity index (χ0n) is 21.9. The van der Waals surface area contributed by atoms with Crippen LogP contribution in [0.15, 0.2) is 61.2 Å². The summed E-state index contributed by atoms with van der Waals surface area (Å²) in [6.45, 7) is 8.87. The van der Waals surface area contributed by atoms with Crippen LogP contribution in [0.25, 0.3) is 0 Å². The second-order valence-electron chi connectivity index (χ2n) is 8.86. The summed E-state index contributed by atoms with van der Waals surface area (Å²) in [5.74, 6) is -0.102. The fraction of sp³-hybridized carbons (Fsp3) is 0.385. The molecule has 4 atom stereocenters. The Labute approximate surface area is 225 Å². The van der Waals surface area contributed by atoms with Gasteiger partial charge >= 0.3 is 12.2 Å². The highest BCUT2D eigenvalue weighted by atomic mass is 16.7. The molecule has 0 bridgehead atoms. The molecule has 1 amide bonds. The number of aliphatic hydroxyl groups excluding tert-OH is 2. The SMILES string of the molecule is C=CCNC(=O)O[C@@H](C(C)C)[C@H](O)N[C@@H](C)[C@H](O)Nc1ccc(COC(=O)Oc2ccc([N+](=O)[O-])cc2)cc1. The van der Waals surface area contributed by atoms with Gasteiger partial charge in [0.2, 0.25) is 0 Å². The Hall–Kier alpha value is -4.20. The van der Waals surface area contributed by atoms with Crippen molar-refractivity contribution < 1.29 is 38.9 Å². The van der Waals surface area contributed by atoms with Crippen LogP contribution in [0.1, 0.15) is 26.3 Å². The molecule has 0 spiro atoms. The Balaban J connectivity index is 1.82. The number of ether oxygens (including phenoxy) is 3. The Kier molecular flexibility index (Phi) is 12.1. The number of hydrogen-bond donors (Lipinski definition) is 5. The van der Waals surface area contributed by atoms with E-state index in [9.17, 15) is 29.9 Å². The first kappa shape index (κ1) is 31.0. The summed E-state index contributed by atoms with van der Waals surface area (Å²) in [7, 11) is 0. The quantitative estimate of drug-likeness (QED) is 0.0585. The van der Waals surface area contributed by atoms with Gasteiger partial charge in [-0.3, -0.25) is 15.4 Å². The number of nitrogens with zero attached hydrogens (tertiary/aromatic N) is 1. The van der Waals surface area contributed by atoms with E-state index in [1.807, 2.05) is 0 Å².